The van der Waals surface area contributed by atoms with E-state index in [1.54, 1.807) is 0 Å². The molecular weight excluding hydrogens is 136 g/mol. The van der Waals surface area contributed by atoms with Crippen LogP contribution in [0.5, 0.6) is 0 Å². The van der Waals surface area contributed by atoms with Crippen LogP contribution in [0.15, 0.2) is 24.5 Å². The fourth-order valence-corrected chi connectivity index (χ4v) is 0.909. The van der Waals surface area contributed by atoms with E-state index in [0.717, 1.165) is 12.7 Å². The Bertz CT molecular complexity index is 114. The van der Waals surface area contributed by atoms with Crippen molar-refractivity contribution in [2.75, 3.05) is 0 Å². The SMILES string of the molecule is CCCCCCC=CC=C[O]. The van der Waals surface area contributed by atoms with Gasteiger partial charge < -0.3 is 0 Å². The highest BCUT2D eigenvalue weighted by atomic mass is 16.2. The van der Waals surface area contributed by atoms with Crippen molar-refractivity contribution in [3.05, 3.63) is 24.5 Å². The Kier molecular flexibility index (Phi) is 8.67. The van der Waals surface area contributed by atoms with Crippen LogP contribution in [0.1, 0.15) is 39.0 Å². The van der Waals surface area contributed by atoms with Gasteiger partial charge in [0.05, 0.1) is 0 Å². The molecule has 0 bridgehead atoms. The summed E-state index contributed by atoms with van der Waals surface area (Å²) in [6, 6.07) is 0. The van der Waals surface area contributed by atoms with Gasteiger partial charge in [-0.3, -0.25) is 5.11 Å². The lowest BCUT2D eigenvalue weighted by molar-refractivity contribution is 0.352. The standard InChI is InChI=1S/C10H17O/c1-2-3-4-5-6-7-8-9-10-11/h7-10H,2-6H2,1H3. The van der Waals surface area contributed by atoms with Gasteiger partial charge in [-0.2, -0.15) is 0 Å². The van der Waals surface area contributed by atoms with E-state index in [0.29, 0.717) is 0 Å². The summed E-state index contributed by atoms with van der Waals surface area (Å²) in [6.45, 7) is 2.20. The summed E-state index contributed by atoms with van der Waals surface area (Å²) in [7, 11) is 0. The molecule has 11 heavy (non-hydrogen) atoms. The number of hydrogen-bond acceptors (Lipinski definition) is 0. The molecule has 0 aliphatic carbocycles. The Balaban J connectivity index is 3.01. The fraction of sp³-hybridized carbons (Fsp3) is 0.600. The van der Waals surface area contributed by atoms with Gasteiger partial charge in [0.25, 0.3) is 0 Å². The lowest BCUT2D eigenvalue weighted by atomic mass is 10.1. The summed E-state index contributed by atoms with van der Waals surface area (Å²) in [5.41, 5.74) is 0. The third kappa shape index (κ3) is 9.28. The molecule has 0 aromatic carbocycles. The first kappa shape index (κ1) is 10.3. The second kappa shape index (κ2) is 9.28. The maximum absolute atomic E-state index is 9.83. The molecule has 0 aromatic heterocycles. The first-order valence-corrected chi connectivity index (χ1v) is 4.35. The summed E-state index contributed by atoms with van der Waals surface area (Å²) in [5.74, 6) is 0. The predicted octanol–water partition coefficient (Wildman–Crippen LogP) is 3.46. The Hall–Kier alpha value is -0.720. The van der Waals surface area contributed by atoms with Crippen molar-refractivity contribution in [1.29, 1.82) is 0 Å². The van der Waals surface area contributed by atoms with Crippen molar-refractivity contribution < 1.29 is 5.11 Å². The first-order chi connectivity index (χ1) is 5.41. The highest BCUT2D eigenvalue weighted by Gasteiger charge is 1.82. The topological polar surface area (TPSA) is 19.9 Å². The highest BCUT2D eigenvalue weighted by molar-refractivity contribution is 4.98. The summed E-state index contributed by atoms with van der Waals surface area (Å²) < 4.78 is 0. The quantitative estimate of drug-likeness (QED) is 0.316. The van der Waals surface area contributed by atoms with Gasteiger partial charge in [-0.25, -0.2) is 0 Å². The maximum atomic E-state index is 9.83. The lowest BCUT2D eigenvalue weighted by Crippen LogP contribution is -1.72. The molecule has 0 aliphatic rings. The fourth-order valence-electron chi connectivity index (χ4n) is 0.909. The van der Waals surface area contributed by atoms with Crippen LogP contribution in [0.2, 0.25) is 0 Å². The van der Waals surface area contributed by atoms with Crippen LogP contribution in [0.25, 0.3) is 0 Å². The van der Waals surface area contributed by atoms with E-state index in [4.69, 9.17) is 0 Å². The van der Waals surface area contributed by atoms with Crippen LogP contribution < -0.4 is 0 Å². The van der Waals surface area contributed by atoms with Gasteiger partial charge in [0.1, 0.15) is 6.26 Å². The normalized spacial score (nSPS) is 11.7. The van der Waals surface area contributed by atoms with Crippen molar-refractivity contribution in [2.45, 2.75) is 39.0 Å². The van der Waals surface area contributed by atoms with Gasteiger partial charge in [0, 0.05) is 0 Å². The van der Waals surface area contributed by atoms with E-state index in [2.05, 4.69) is 6.92 Å². The molecule has 1 radical (unpaired) electrons. The van der Waals surface area contributed by atoms with Crippen molar-refractivity contribution in [2.24, 2.45) is 0 Å². The largest absolute Gasteiger partial charge is 0.299 e. The molecule has 63 valence electrons. The molecule has 0 fully saturated rings. The van der Waals surface area contributed by atoms with E-state index in [9.17, 15) is 5.11 Å². The molecule has 1 heteroatoms. The first-order valence-electron chi connectivity index (χ1n) is 4.35. The van der Waals surface area contributed by atoms with Crippen LogP contribution >= 0.6 is 0 Å². The number of allylic oxidation sites excluding steroid dienone is 3. The average Bonchev–Trinajstić information content (AvgIpc) is 2.03. The van der Waals surface area contributed by atoms with E-state index in [1.807, 2.05) is 12.2 Å². The second-order valence-corrected chi connectivity index (χ2v) is 2.61. The Morgan fingerprint density at radius 1 is 1.09 bits per heavy atom. The zero-order chi connectivity index (χ0) is 8.36. The predicted molar refractivity (Wildman–Crippen MR) is 47.7 cm³/mol. The summed E-state index contributed by atoms with van der Waals surface area (Å²) >= 11 is 0. The molecular formula is C10H17O. The molecule has 0 rings (SSSR count). The summed E-state index contributed by atoms with van der Waals surface area (Å²) in [4.78, 5) is 0. The Morgan fingerprint density at radius 2 is 1.91 bits per heavy atom. The maximum Gasteiger partial charge on any atom is 0.142 e. The van der Waals surface area contributed by atoms with Crippen molar-refractivity contribution in [3.8, 4) is 0 Å². The van der Waals surface area contributed by atoms with Gasteiger partial charge in [-0.05, 0) is 18.9 Å². The van der Waals surface area contributed by atoms with Crippen molar-refractivity contribution in [3.63, 3.8) is 0 Å². The van der Waals surface area contributed by atoms with Gasteiger partial charge in [-0.1, -0.05) is 38.3 Å². The van der Waals surface area contributed by atoms with Gasteiger partial charge in [0.15, 0.2) is 0 Å². The zero-order valence-electron chi connectivity index (χ0n) is 7.25. The van der Waals surface area contributed by atoms with Crippen LogP contribution in [0.3, 0.4) is 0 Å². The number of hydrogen-bond donors (Lipinski definition) is 0. The third-order valence-electron chi connectivity index (χ3n) is 1.55. The van der Waals surface area contributed by atoms with Gasteiger partial charge in [-0.15, -0.1) is 0 Å². The van der Waals surface area contributed by atoms with E-state index in [1.165, 1.54) is 31.8 Å². The molecule has 0 spiro atoms. The van der Waals surface area contributed by atoms with Crippen molar-refractivity contribution >= 4 is 0 Å². The molecule has 0 aromatic rings. The number of rotatable bonds is 6. The van der Waals surface area contributed by atoms with Gasteiger partial charge in [0.2, 0.25) is 0 Å². The van der Waals surface area contributed by atoms with Crippen LogP contribution in [0, 0.1) is 0 Å². The van der Waals surface area contributed by atoms with E-state index in [-0.39, 0.29) is 0 Å². The molecule has 0 saturated carbocycles. The monoisotopic (exact) mass is 153 g/mol. The van der Waals surface area contributed by atoms with Crippen LogP contribution in [-0.2, 0) is 5.11 Å². The van der Waals surface area contributed by atoms with Crippen molar-refractivity contribution in [1.82, 2.24) is 0 Å². The molecule has 0 amide bonds. The minimum atomic E-state index is 0.808. The minimum Gasteiger partial charge on any atom is -0.299 e. The molecule has 1 nitrogen and oxygen atoms in total. The summed E-state index contributed by atoms with van der Waals surface area (Å²) in [5, 5.41) is 9.83. The Labute approximate surface area is 69.4 Å². The molecule has 0 N–H and O–H groups in total. The molecule has 0 aliphatic heterocycles. The van der Waals surface area contributed by atoms with E-state index >= 15 is 0 Å². The Morgan fingerprint density at radius 3 is 2.55 bits per heavy atom. The van der Waals surface area contributed by atoms with Crippen LogP contribution in [0.4, 0.5) is 0 Å². The lowest BCUT2D eigenvalue weighted by Gasteiger charge is -1.92. The smallest absolute Gasteiger partial charge is 0.142 e. The van der Waals surface area contributed by atoms with Crippen LogP contribution in [-0.4, -0.2) is 0 Å². The summed E-state index contributed by atoms with van der Waals surface area (Å²) in [6.07, 6.45) is 12.5. The molecule has 0 saturated heterocycles. The molecule has 0 heterocycles. The average molecular weight is 153 g/mol. The highest BCUT2D eigenvalue weighted by Crippen LogP contribution is 2.02. The molecule has 0 atom stereocenters. The van der Waals surface area contributed by atoms with E-state index < -0.39 is 0 Å². The van der Waals surface area contributed by atoms with Gasteiger partial charge >= 0.3 is 0 Å². The zero-order valence-corrected chi connectivity index (χ0v) is 7.25. The number of unbranched alkanes of at least 4 members (excludes halogenated alkanes) is 4. The third-order valence-corrected chi connectivity index (χ3v) is 1.55. The molecule has 0 unspecified atom stereocenters. The minimum absolute atomic E-state index is 0.808. The second-order valence-electron chi connectivity index (χ2n) is 2.61.